The number of hydrogen-bond acceptors (Lipinski definition) is 7. The Morgan fingerprint density at radius 1 is 1.20 bits per heavy atom. The molecule has 3 rings (SSSR count). The van der Waals surface area contributed by atoms with Crippen LogP contribution in [0.3, 0.4) is 0 Å². The molecule has 2 aromatic rings. The van der Waals surface area contributed by atoms with Gasteiger partial charge < -0.3 is 30.7 Å². The lowest BCUT2D eigenvalue weighted by molar-refractivity contribution is 0.0474. The van der Waals surface area contributed by atoms with Gasteiger partial charge in [-0.2, -0.15) is 0 Å². The van der Waals surface area contributed by atoms with Gasteiger partial charge in [0.1, 0.15) is 17.2 Å². The Labute approximate surface area is 208 Å². The number of carbonyl (C=O) groups excluding carboxylic acids is 2. The van der Waals surface area contributed by atoms with Crippen molar-refractivity contribution in [3.63, 3.8) is 0 Å². The second kappa shape index (κ2) is 12.4. The van der Waals surface area contributed by atoms with Crippen LogP contribution in [0, 0.1) is 13.8 Å². The number of amides is 2. The number of benzene rings is 1. The maximum atomic E-state index is 12.5. The number of pyridine rings is 1. The second-order valence-electron chi connectivity index (χ2n) is 9.14. The molecule has 9 heteroatoms. The summed E-state index contributed by atoms with van der Waals surface area (Å²) in [4.78, 5) is 29.4. The summed E-state index contributed by atoms with van der Waals surface area (Å²) in [5, 5.41) is 12.3. The molecule has 0 fully saturated rings. The van der Waals surface area contributed by atoms with E-state index in [-0.39, 0.29) is 11.9 Å². The number of hydrogen-bond donors (Lipinski definition) is 4. The predicted octanol–water partition coefficient (Wildman–Crippen LogP) is 4.66. The maximum absolute atomic E-state index is 12.5. The summed E-state index contributed by atoms with van der Waals surface area (Å²) in [7, 11) is 1.57. The third-order valence-corrected chi connectivity index (χ3v) is 5.11. The van der Waals surface area contributed by atoms with Gasteiger partial charge in [0.25, 0.3) is 5.91 Å². The van der Waals surface area contributed by atoms with Crippen molar-refractivity contribution in [1.29, 1.82) is 0 Å². The number of ether oxygens (including phenoxy) is 2. The topological polar surface area (TPSA) is 114 Å². The van der Waals surface area contributed by atoms with Crippen molar-refractivity contribution in [2.75, 3.05) is 30.9 Å². The molecule has 0 saturated carbocycles. The van der Waals surface area contributed by atoms with Crippen LogP contribution in [0.4, 0.5) is 22.1 Å². The number of fused-ring (bicyclic) bond motifs is 1. The summed E-state index contributed by atoms with van der Waals surface area (Å²) in [6, 6.07) is 7.54. The lowest BCUT2D eigenvalue weighted by Crippen LogP contribution is -2.45. The van der Waals surface area contributed by atoms with Crippen LogP contribution in [0.15, 0.2) is 24.3 Å². The van der Waals surface area contributed by atoms with Crippen LogP contribution in [0.25, 0.3) is 0 Å². The highest BCUT2D eigenvalue weighted by atomic mass is 16.6. The molecule has 0 bridgehead atoms. The van der Waals surface area contributed by atoms with E-state index in [2.05, 4.69) is 21.3 Å². The Kier molecular flexibility index (Phi) is 9.89. The predicted molar refractivity (Wildman–Crippen MR) is 139 cm³/mol. The Morgan fingerprint density at radius 3 is 2.54 bits per heavy atom. The summed E-state index contributed by atoms with van der Waals surface area (Å²) in [5.41, 5.74) is 3.69. The third-order valence-electron chi connectivity index (χ3n) is 5.11. The zero-order valence-electron chi connectivity index (χ0n) is 22.1. The number of aryl methyl sites for hydroxylation is 1. The van der Waals surface area contributed by atoms with Gasteiger partial charge in [-0.25, -0.2) is 9.78 Å². The zero-order chi connectivity index (χ0) is 26.2. The van der Waals surface area contributed by atoms with E-state index in [0.29, 0.717) is 36.9 Å². The van der Waals surface area contributed by atoms with E-state index < -0.39 is 11.7 Å². The van der Waals surface area contributed by atoms with Gasteiger partial charge in [0.2, 0.25) is 0 Å². The lowest BCUT2D eigenvalue weighted by Gasteiger charge is -2.24. The fraction of sp³-hybridized carbons (Fsp3) is 0.500. The average molecular weight is 486 g/mol. The first kappa shape index (κ1) is 27.9. The molecule has 1 unspecified atom stereocenters. The summed E-state index contributed by atoms with van der Waals surface area (Å²) in [6.07, 6.45) is -0.512. The number of aromatic nitrogens is 1. The van der Waals surface area contributed by atoms with Crippen molar-refractivity contribution in [2.24, 2.45) is 0 Å². The van der Waals surface area contributed by atoms with Gasteiger partial charge in [-0.1, -0.05) is 26.0 Å². The molecule has 1 atom stereocenters. The number of nitrogens with zero attached hydrogens (tertiary/aromatic N) is 1. The lowest BCUT2D eigenvalue weighted by atomic mass is 10.1. The van der Waals surface area contributed by atoms with Gasteiger partial charge in [-0.05, 0) is 63.4 Å². The molecular weight excluding hydrogens is 446 g/mol. The van der Waals surface area contributed by atoms with Crippen molar-refractivity contribution in [1.82, 2.24) is 15.6 Å². The molecule has 1 aliphatic rings. The highest BCUT2D eigenvalue weighted by Crippen LogP contribution is 2.32. The minimum atomic E-state index is -0.594. The molecule has 0 saturated heterocycles. The first-order valence-electron chi connectivity index (χ1n) is 11.9. The molecule has 2 amide bonds. The maximum Gasteiger partial charge on any atom is 0.408 e. The normalized spacial score (nSPS) is 13.1. The molecular formula is C26H39N5O4. The zero-order valence-corrected chi connectivity index (χ0v) is 22.1. The van der Waals surface area contributed by atoms with Crippen LogP contribution < -0.4 is 21.3 Å². The molecule has 0 radical (unpaired) electrons. The van der Waals surface area contributed by atoms with Crippen LogP contribution in [0.2, 0.25) is 0 Å². The Morgan fingerprint density at radius 2 is 1.91 bits per heavy atom. The average Bonchev–Trinajstić information content (AvgIpc) is 3.17. The smallest absolute Gasteiger partial charge is 0.408 e. The van der Waals surface area contributed by atoms with Crippen LogP contribution in [-0.2, 0) is 16.0 Å². The largest absolute Gasteiger partial charge is 0.444 e. The van der Waals surface area contributed by atoms with Crippen LogP contribution >= 0.6 is 0 Å². The monoisotopic (exact) mass is 485 g/mol. The summed E-state index contributed by atoms with van der Waals surface area (Å²) in [5.74, 6) is 0.973. The number of carbonyl (C=O) groups is 2. The van der Waals surface area contributed by atoms with Crippen LogP contribution in [0.1, 0.15) is 61.7 Å². The van der Waals surface area contributed by atoms with Crippen molar-refractivity contribution in [3.8, 4) is 0 Å². The first-order valence-corrected chi connectivity index (χ1v) is 11.9. The Bertz CT molecular complexity index is 1030. The van der Waals surface area contributed by atoms with E-state index in [1.807, 2.05) is 72.7 Å². The first-order chi connectivity index (χ1) is 16.6. The molecule has 0 spiro atoms. The molecule has 9 nitrogen and oxygen atoms in total. The quantitative estimate of drug-likeness (QED) is 0.430. The fourth-order valence-electron chi connectivity index (χ4n) is 3.62. The summed E-state index contributed by atoms with van der Waals surface area (Å²) in [6.45, 7) is 14.5. The molecule has 1 aromatic carbocycles. The molecule has 0 aliphatic carbocycles. The van der Waals surface area contributed by atoms with E-state index in [1.54, 1.807) is 7.11 Å². The van der Waals surface area contributed by atoms with Gasteiger partial charge in [0.05, 0.1) is 18.2 Å². The van der Waals surface area contributed by atoms with E-state index in [9.17, 15) is 9.59 Å². The van der Waals surface area contributed by atoms with Crippen molar-refractivity contribution >= 4 is 29.3 Å². The summed E-state index contributed by atoms with van der Waals surface area (Å²) >= 11 is 0. The van der Waals surface area contributed by atoms with Gasteiger partial charge in [-0.15, -0.1) is 0 Å². The van der Waals surface area contributed by atoms with Crippen LogP contribution in [0.5, 0.6) is 0 Å². The minimum Gasteiger partial charge on any atom is -0.444 e. The standard InChI is InChI=1S/C24H33N5O4.C2H6/c1-14-8-7-9-16(10-14)27-21-19-18(12-26-22(19)30)15(2)20(29-21)25-11-17(13-32-6)28-23(31)33-24(3,4)5;1-2/h7-10,17H,11-13H2,1-6H3,(H,26,30)(H,28,31)(H2,25,27,29);1-2H3. The fourth-order valence-corrected chi connectivity index (χ4v) is 3.62. The molecule has 4 N–H and O–H groups in total. The van der Waals surface area contributed by atoms with E-state index in [4.69, 9.17) is 14.5 Å². The number of methoxy groups -OCH3 is 1. The summed E-state index contributed by atoms with van der Waals surface area (Å²) < 4.78 is 10.6. The van der Waals surface area contributed by atoms with Crippen LogP contribution in [-0.4, -0.2) is 48.9 Å². The molecule has 1 aliphatic heterocycles. The van der Waals surface area contributed by atoms with Crippen molar-refractivity contribution < 1.29 is 19.1 Å². The van der Waals surface area contributed by atoms with E-state index >= 15 is 0 Å². The van der Waals surface area contributed by atoms with Gasteiger partial charge in [-0.3, -0.25) is 4.79 Å². The molecule has 2 heterocycles. The number of nitrogens with one attached hydrogen (secondary N) is 4. The third kappa shape index (κ3) is 7.85. The molecule has 35 heavy (non-hydrogen) atoms. The Hall–Kier alpha value is -3.33. The Balaban J connectivity index is 0.00000210. The van der Waals surface area contributed by atoms with Gasteiger partial charge >= 0.3 is 6.09 Å². The van der Waals surface area contributed by atoms with Gasteiger partial charge in [0.15, 0.2) is 0 Å². The second-order valence-corrected chi connectivity index (χ2v) is 9.14. The number of alkyl carbamates (subject to hydrolysis) is 1. The molecule has 192 valence electrons. The SMILES string of the molecule is CC.COCC(CNc1nc(Nc2cccc(C)c2)c2c(c1C)CNC2=O)NC(=O)OC(C)(C)C. The van der Waals surface area contributed by atoms with Crippen molar-refractivity contribution in [3.05, 3.63) is 46.5 Å². The highest BCUT2D eigenvalue weighted by Gasteiger charge is 2.28. The van der Waals surface area contributed by atoms with E-state index in [0.717, 1.165) is 22.4 Å². The minimum absolute atomic E-state index is 0.147. The highest BCUT2D eigenvalue weighted by molar-refractivity contribution is 6.04. The van der Waals surface area contributed by atoms with Gasteiger partial charge in [0, 0.05) is 25.9 Å². The van der Waals surface area contributed by atoms with Crippen molar-refractivity contribution in [2.45, 2.75) is 66.7 Å². The molecule has 1 aromatic heterocycles. The number of anilines is 3. The van der Waals surface area contributed by atoms with E-state index in [1.165, 1.54) is 0 Å². The number of rotatable bonds is 8.